The summed E-state index contributed by atoms with van der Waals surface area (Å²) in [7, 11) is -10.8. The van der Waals surface area contributed by atoms with Crippen molar-refractivity contribution >= 4 is 20.0 Å². The van der Waals surface area contributed by atoms with Gasteiger partial charge in [-0.2, -0.15) is 21.6 Å². The van der Waals surface area contributed by atoms with Crippen molar-refractivity contribution in [2.24, 2.45) is 3.77 Å². The van der Waals surface area contributed by atoms with Crippen LogP contribution < -0.4 is 18.9 Å². The number of hydrogen-bond acceptors (Lipinski definition) is 4. The van der Waals surface area contributed by atoms with Gasteiger partial charge in [-0.1, -0.05) is 6.58 Å². The summed E-state index contributed by atoms with van der Waals surface area (Å²) in [6.07, 6.45) is 0. The van der Waals surface area contributed by atoms with Crippen LogP contribution in [0.3, 0.4) is 0 Å². The van der Waals surface area contributed by atoms with E-state index in [1.165, 1.54) is 0 Å². The number of halogens is 3. The summed E-state index contributed by atoms with van der Waals surface area (Å²) in [4.78, 5) is 0. The number of sulfonamides is 1. The fraction of sp³-hybridized carbons (Fsp3) is 0.333. The molecule has 0 aliphatic heterocycles. The van der Waals surface area contributed by atoms with Gasteiger partial charge in [-0.05, 0) is 5.41 Å². The van der Waals surface area contributed by atoms with Crippen LogP contribution in [0, 0.1) is 0 Å². The van der Waals surface area contributed by atoms with Crippen molar-refractivity contribution in [1.29, 1.82) is 0 Å². The number of hydrogen-bond donors (Lipinski definition) is 0. The summed E-state index contributed by atoms with van der Waals surface area (Å²) in [6.45, 7) is 2.59. The van der Waals surface area contributed by atoms with E-state index in [-0.39, 0.29) is 24.3 Å². The summed E-state index contributed by atoms with van der Waals surface area (Å²) in [5, 5.41) is -0.00368. The van der Waals surface area contributed by atoms with E-state index in [9.17, 15) is 30.4 Å². The third-order valence-corrected chi connectivity index (χ3v) is 3.33. The molecule has 0 aliphatic carbocycles. The molecule has 0 spiro atoms. The van der Waals surface area contributed by atoms with Gasteiger partial charge in [0.2, 0.25) is 0 Å². The number of alkyl halides is 3. The Kier molecular flexibility index (Phi) is 5.48. The standard InChI is InChI=1S/C3H4F3NO4S2.Li/c1-2-12(8,9)7-13(10,11)3(4,5)6;/h2H,1H2,(H,7,8,9);/q;+1/p-1. The predicted octanol–water partition coefficient (Wildman–Crippen LogP) is -2.42. The molecule has 0 saturated carbocycles. The van der Waals surface area contributed by atoms with Gasteiger partial charge in [-0.15, -0.1) is 3.77 Å². The molecule has 0 aromatic heterocycles. The Labute approximate surface area is 90.6 Å². The molecule has 0 rings (SSSR count). The van der Waals surface area contributed by atoms with E-state index in [1.807, 2.05) is 0 Å². The maximum atomic E-state index is 11.5. The van der Waals surface area contributed by atoms with Crippen molar-refractivity contribution in [2.75, 3.05) is 0 Å². The molecule has 0 N–H and O–H groups in total. The smallest absolute Gasteiger partial charge is 0.760 e. The van der Waals surface area contributed by atoms with Crippen LogP contribution in [0.5, 0.6) is 0 Å². The van der Waals surface area contributed by atoms with E-state index in [1.54, 1.807) is 3.77 Å². The molecular formula is C3H3F3LiNO4S2. The minimum atomic E-state index is -6.00. The van der Waals surface area contributed by atoms with Gasteiger partial charge >= 0.3 is 34.4 Å². The average molecular weight is 245 g/mol. The molecule has 1 unspecified atom stereocenters. The van der Waals surface area contributed by atoms with Gasteiger partial charge in [-0.25, -0.2) is 0 Å². The van der Waals surface area contributed by atoms with Crippen molar-refractivity contribution in [3.05, 3.63) is 12.0 Å². The van der Waals surface area contributed by atoms with E-state index in [0.29, 0.717) is 0 Å². The van der Waals surface area contributed by atoms with Crippen LogP contribution >= 0.6 is 0 Å². The van der Waals surface area contributed by atoms with E-state index in [4.69, 9.17) is 0 Å². The van der Waals surface area contributed by atoms with Gasteiger partial charge < -0.3 is 4.55 Å². The first kappa shape index (κ1) is 16.4. The summed E-state index contributed by atoms with van der Waals surface area (Å²) in [5.41, 5.74) is -5.72. The zero-order valence-electron chi connectivity index (χ0n) is 6.82. The first-order valence-corrected chi connectivity index (χ1v) is 5.39. The molecule has 0 fully saturated rings. The van der Waals surface area contributed by atoms with Gasteiger partial charge in [0.1, 0.15) is 0 Å². The first-order valence-electron chi connectivity index (χ1n) is 2.45. The molecular weight excluding hydrogens is 242 g/mol. The van der Waals surface area contributed by atoms with Gasteiger partial charge in [0, 0.05) is 10.0 Å². The Morgan fingerprint density at radius 2 is 1.64 bits per heavy atom. The van der Waals surface area contributed by atoms with Crippen molar-refractivity contribution in [3.8, 4) is 0 Å². The zero-order chi connectivity index (χ0) is 10.9. The minimum absolute atomic E-state index is 0. The second kappa shape index (κ2) is 4.67. The van der Waals surface area contributed by atoms with Gasteiger partial charge in [0.25, 0.3) is 0 Å². The Balaban J connectivity index is 0. The van der Waals surface area contributed by atoms with Crippen molar-refractivity contribution in [3.63, 3.8) is 0 Å². The SMILES string of the molecule is C=CS(=O)([O-])=NS(=O)(=O)C(F)(F)F.[Li+]. The zero-order valence-corrected chi connectivity index (χ0v) is 8.45. The van der Waals surface area contributed by atoms with E-state index >= 15 is 0 Å². The molecule has 0 aromatic carbocycles. The molecule has 0 aromatic rings. The quantitative estimate of drug-likeness (QED) is 0.507. The number of nitrogens with zero attached hydrogens (tertiary/aromatic N) is 1. The van der Waals surface area contributed by atoms with Crippen molar-refractivity contribution in [1.82, 2.24) is 0 Å². The van der Waals surface area contributed by atoms with Crippen LogP contribution in [0.25, 0.3) is 0 Å². The predicted molar refractivity (Wildman–Crippen MR) is 36.5 cm³/mol. The molecule has 0 saturated heterocycles. The molecule has 78 valence electrons. The normalized spacial score (nSPS) is 16.3. The Morgan fingerprint density at radius 3 is 1.86 bits per heavy atom. The summed E-state index contributed by atoms with van der Waals surface area (Å²) < 4.78 is 77.0. The third kappa shape index (κ3) is 4.47. The largest absolute Gasteiger partial charge is 1.00 e. The minimum Gasteiger partial charge on any atom is -0.760 e. The Hall–Kier alpha value is -0.0126. The maximum absolute atomic E-state index is 11.5. The van der Waals surface area contributed by atoms with Crippen LogP contribution in [-0.4, -0.2) is 22.7 Å². The first-order chi connectivity index (χ1) is 5.52. The van der Waals surface area contributed by atoms with Gasteiger partial charge in [0.15, 0.2) is 0 Å². The molecule has 11 heteroatoms. The van der Waals surface area contributed by atoms with Gasteiger partial charge in [0.05, 0.1) is 0 Å². The molecule has 0 radical (unpaired) electrons. The second-order valence-electron chi connectivity index (χ2n) is 1.68. The fourth-order valence-corrected chi connectivity index (χ4v) is 1.89. The van der Waals surface area contributed by atoms with E-state index in [2.05, 4.69) is 6.58 Å². The maximum Gasteiger partial charge on any atom is 1.00 e. The summed E-state index contributed by atoms with van der Waals surface area (Å²) >= 11 is 0. The summed E-state index contributed by atoms with van der Waals surface area (Å²) in [5.74, 6) is 0. The average Bonchev–Trinajstić information content (AvgIpc) is 1.83. The van der Waals surface area contributed by atoms with Crippen LogP contribution in [0.2, 0.25) is 0 Å². The fourth-order valence-electron chi connectivity index (χ4n) is 0.209. The second-order valence-corrected chi connectivity index (χ2v) is 5.05. The molecule has 0 amide bonds. The molecule has 1 atom stereocenters. The Morgan fingerprint density at radius 1 is 1.29 bits per heavy atom. The Bertz CT molecular complexity index is 418. The molecule has 0 heterocycles. The van der Waals surface area contributed by atoms with Crippen LogP contribution in [0.4, 0.5) is 13.2 Å². The van der Waals surface area contributed by atoms with Crippen molar-refractivity contribution in [2.45, 2.75) is 5.51 Å². The monoisotopic (exact) mass is 245 g/mol. The third-order valence-electron chi connectivity index (χ3n) is 0.705. The topological polar surface area (TPSA) is 86.6 Å². The summed E-state index contributed by atoms with van der Waals surface area (Å²) in [6, 6.07) is 0. The van der Waals surface area contributed by atoms with Crippen molar-refractivity contribution < 1.29 is 49.2 Å². The molecule has 14 heavy (non-hydrogen) atoms. The molecule has 0 bridgehead atoms. The number of rotatable bonds is 2. The molecule has 5 nitrogen and oxygen atoms in total. The van der Waals surface area contributed by atoms with E-state index < -0.39 is 25.5 Å². The van der Waals surface area contributed by atoms with Crippen LogP contribution in [-0.2, 0) is 20.0 Å². The van der Waals surface area contributed by atoms with E-state index in [0.717, 1.165) is 0 Å². The molecule has 0 aliphatic rings. The van der Waals surface area contributed by atoms with Crippen LogP contribution in [0.15, 0.2) is 15.8 Å². The van der Waals surface area contributed by atoms with Crippen LogP contribution in [0.1, 0.15) is 0 Å². The van der Waals surface area contributed by atoms with Gasteiger partial charge in [-0.3, -0.25) is 4.21 Å².